The first-order valence-electron chi connectivity index (χ1n) is 8.61. The maximum atomic E-state index is 12.3. The van der Waals surface area contributed by atoms with Crippen LogP contribution in [-0.4, -0.2) is 49.7 Å². The molecule has 24 heavy (non-hydrogen) atoms. The van der Waals surface area contributed by atoms with Crippen molar-refractivity contribution in [3.63, 3.8) is 0 Å². The molecule has 1 saturated heterocycles. The summed E-state index contributed by atoms with van der Waals surface area (Å²) in [6.07, 6.45) is 2.24. The molecular formula is C18H30ClN3O2. The fourth-order valence-electron chi connectivity index (χ4n) is 3.27. The number of halogens is 1. The van der Waals surface area contributed by atoms with Crippen LogP contribution in [0.3, 0.4) is 0 Å². The van der Waals surface area contributed by atoms with Crippen LogP contribution < -0.4 is 11.1 Å². The number of carbonyl (C=O) groups is 1. The second-order valence-electron chi connectivity index (χ2n) is 6.12. The Morgan fingerprint density at radius 1 is 1.21 bits per heavy atom. The zero-order valence-electron chi connectivity index (χ0n) is 14.7. The molecule has 1 unspecified atom stereocenters. The molecule has 136 valence electrons. The maximum absolute atomic E-state index is 12.3. The van der Waals surface area contributed by atoms with Crippen LogP contribution in [-0.2, 0) is 4.74 Å². The van der Waals surface area contributed by atoms with Gasteiger partial charge in [-0.05, 0) is 30.2 Å². The summed E-state index contributed by atoms with van der Waals surface area (Å²) in [5, 5.41) is 3.10. The fourth-order valence-corrected chi connectivity index (χ4v) is 3.27. The van der Waals surface area contributed by atoms with Gasteiger partial charge in [0, 0.05) is 36.9 Å². The lowest BCUT2D eigenvalue weighted by Crippen LogP contribution is -2.52. The van der Waals surface area contributed by atoms with E-state index in [9.17, 15) is 4.79 Å². The van der Waals surface area contributed by atoms with Crippen LogP contribution in [0.4, 0.5) is 5.69 Å². The van der Waals surface area contributed by atoms with Gasteiger partial charge in [0.25, 0.3) is 5.91 Å². The molecule has 1 aromatic rings. The van der Waals surface area contributed by atoms with Gasteiger partial charge < -0.3 is 15.8 Å². The molecule has 1 aromatic carbocycles. The second-order valence-corrected chi connectivity index (χ2v) is 6.12. The fraction of sp³-hybridized carbons (Fsp3) is 0.611. The van der Waals surface area contributed by atoms with E-state index in [0.29, 0.717) is 29.8 Å². The Balaban J connectivity index is 0.00000288. The number of carbonyl (C=O) groups excluding carboxylic acids is 1. The second kappa shape index (κ2) is 10.5. The summed E-state index contributed by atoms with van der Waals surface area (Å²) in [7, 11) is 0. The monoisotopic (exact) mass is 355 g/mol. The molecule has 0 saturated carbocycles. The summed E-state index contributed by atoms with van der Waals surface area (Å²) in [5.41, 5.74) is 7.00. The van der Waals surface area contributed by atoms with Gasteiger partial charge in [0.2, 0.25) is 0 Å². The Morgan fingerprint density at radius 2 is 1.79 bits per heavy atom. The van der Waals surface area contributed by atoms with Crippen LogP contribution in [0.15, 0.2) is 24.3 Å². The van der Waals surface area contributed by atoms with E-state index in [1.165, 1.54) is 0 Å². The predicted octanol–water partition coefficient (Wildman–Crippen LogP) is 2.56. The largest absolute Gasteiger partial charge is 0.399 e. The Bertz CT molecular complexity index is 486. The van der Waals surface area contributed by atoms with Crippen LogP contribution in [0.5, 0.6) is 0 Å². The Kier molecular flexibility index (Phi) is 9.11. The summed E-state index contributed by atoms with van der Waals surface area (Å²) in [6.45, 7) is 8.57. The van der Waals surface area contributed by atoms with Crippen molar-refractivity contribution >= 4 is 24.0 Å². The number of nitrogens with two attached hydrogens (primary N) is 1. The third-order valence-corrected chi connectivity index (χ3v) is 4.75. The van der Waals surface area contributed by atoms with Gasteiger partial charge in [-0.25, -0.2) is 0 Å². The van der Waals surface area contributed by atoms with Gasteiger partial charge in [0.1, 0.15) is 0 Å². The van der Waals surface area contributed by atoms with Crippen LogP contribution in [0.2, 0.25) is 0 Å². The highest BCUT2D eigenvalue weighted by atomic mass is 35.5. The number of amides is 1. The number of rotatable bonds is 7. The predicted molar refractivity (Wildman–Crippen MR) is 101 cm³/mol. The van der Waals surface area contributed by atoms with E-state index in [-0.39, 0.29) is 18.3 Å². The quantitative estimate of drug-likeness (QED) is 0.737. The van der Waals surface area contributed by atoms with Gasteiger partial charge in [0.15, 0.2) is 0 Å². The van der Waals surface area contributed by atoms with Crippen molar-refractivity contribution in [1.29, 1.82) is 0 Å². The lowest BCUT2D eigenvalue weighted by Gasteiger charge is -2.38. The van der Waals surface area contributed by atoms with Gasteiger partial charge in [-0.3, -0.25) is 9.69 Å². The minimum Gasteiger partial charge on any atom is -0.399 e. The average molecular weight is 356 g/mol. The number of nitrogens with zero attached hydrogens (tertiary/aromatic N) is 1. The summed E-state index contributed by atoms with van der Waals surface area (Å²) >= 11 is 0. The molecule has 5 nitrogen and oxygen atoms in total. The SMILES string of the molecule is CCC(CC)C(CNC(=O)c1ccc(N)cc1)N1CCOCC1.Cl. The number of anilines is 1. The average Bonchev–Trinajstić information content (AvgIpc) is 2.59. The van der Waals surface area contributed by atoms with Crippen molar-refractivity contribution < 1.29 is 9.53 Å². The van der Waals surface area contributed by atoms with Crippen LogP contribution in [0.1, 0.15) is 37.0 Å². The van der Waals surface area contributed by atoms with Gasteiger partial charge in [-0.2, -0.15) is 0 Å². The van der Waals surface area contributed by atoms with E-state index < -0.39 is 0 Å². The third-order valence-electron chi connectivity index (χ3n) is 4.75. The van der Waals surface area contributed by atoms with Crippen LogP contribution >= 0.6 is 12.4 Å². The van der Waals surface area contributed by atoms with Crippen molar-refractivity contribution in [2.45, 2.75) is 32.7 Å². The molecule has 1 atom stereocenters. The van der Waals surface area contributed by atoms with Gasteiger partial charge >= 0.3 is 0 Å². The number of hydrogen-bond acceptors (Lipinski definition) is 4. The summed E-state index contributed by atoms with van der Waals surface area (Å²) in [4.78, 5) is 14.8. The summed E-state index contributed by atoms with van der Waals surface area (Å²) in [5.74, 6) is 0.550. The van der Waals surface area contributed by atoms with E-state index in [1.807, 2.05) is 0 Å². The normalized spacial score (nSPS) is 16.5. The first-order chi connectivity index (χ1) is 11.2. The standard InChI is InChI=1S/C18H29N3O2.ClH/c1-3-14(4-2)17(21-9-11-23-12-10-21)13-20-18(22)15-5-7-16(19)8-6-15;/h5-8,14,17H,3-4,9-13,19H2,1-2H3,(H,20,22);1H. The molecule has 1 heterocycles. The molecule has 0 aliphatic carbocycles. The molecular weight excluding hydrogens is 326 g/mol. The molecule has 1 amide bonds. The highest BCUT2D eigenvalue weighted by Crippen LogP contribution is 2.19. The number of benzene rings is 1. The Hall–Kier alpha value is -1.30. The van der Waals surface area contributed by atoms with Crippen molar-refractivity contribution in [1.82, 2.24) is 10.2 Å². The zero-order chi connectivity index (χ0) is 16.7. The maximum Gasteiger partial charge on any atom is 0.251 e. The Labute approximate surface area is 151 Å². The lowest BCUT2D eigenvalue weighted by atomic mass is 9.92. The first-order valence-corrected chi connectivity index (χ1v) is 8.61. The Morgan fingerprint density at radius 3 is 2.33 bits per heavy atom. The molecule has 3 N–H and O–H groups in total. The summed E-state index contributed by atoms with van der Waals surface area (Å²) in [6, 6.07) is 7.42. The van der Waals surface area contributed by atoms with Gasteiger partial charge in [0.05, 0.1) is 13.2 Å². The topological polar surface area (TPSA) is 67.6 Å². The van der Waals surface area contributed by atoms with E-state index in [1.54, 1.807) is 24.3 Å². The number of hydrogen-bond donors (Lipinski definition) is 2. The van der Waals surface area contributed by atoms with Crippen LogP contribution in [0, 0.1) is 5.92 Å². The van der Waals surface area contributed by atoms with Crippen molar-refractivity contribution in [3.8, 4) is 0 Å². The van der Waals surface area contributed by atoms with E-state index in [4.69, 9.17) is 10.5 Å². The summed E-state index contributed by atoms with van der Waals surface area (Å²) < 4.78 is 5.46. The number of ether oxygens (including phenoxy) is 1. The number of morpholine rings is 1. The molecule has 6 heteroatoms. The van der Waals surface area contributed by atoms with Crippen molar-refractivity contribution in [2.75, 3.05) is 38.6 Å². The van der Waals surface area contributed by atoms with Gasteiger partial charge in [-0.15, -0.1) is 12.4 Å². The van der Waals surface area contributed by atoms with Crippen molar-refractivity contribution in [3.05, 3.63) is 29.8 Å². The van der Waals surface area contributed by atoms with E-state index in [2.05, 4.69) is 24.1 Å². The molecule has 0 spiro atoms. The molecule has 1 aliphatic rings. The number of nitrogens with one attached hydrogen (secondary N) is 1. The van der Waals surface area contributed by atoms with Crippen molar-refractivity contribution in [2.24, 2.45) is 5.92 Å². The zero-order valence-corrected chi connectivity index (χ0v) is 15.5. The third kappa shape index (κ3) is 5.65. The molecule has 1 fully saturated rings. The first kappa shape index (κ1) is 20.7. The van der Waals surface area contributed by atoms with Gasteiger partial charge in [-0.1, -0.05) is 26.7 Å². The molecule has 1 aliphatic heterocycles. The highest BCUT2D eigenvalue weighted by Gasteiger charge is 2.27. The minimum atomic E-state index is -0.0331. The van der Waals surface area contributed by atoms with Crippen LogP contribution in [0.25, 0.3) is 0 Å². The molecule has 2 rings (SSSR count). The highest BCUT2D eigenvalue weighted by molar-refractivity contribution is 5.94. The minimum absolute atomic E-state index is 0. The molecule has 0 aromatic heterocycles. The smallest absolute Gasteiger partial charge is 0.251 e. The molecule has 0 bridgehead atoms. The number of nitrogen functional groups attached to an aromatic ring is 1. The van der Waals surface area contributed by atoms with E-state index in [0.717, 1.165) is 39.1 Å². The van der Waals surface area contributed by atoms with E-state index >= 15 is 0 Å². The lowest BCUT2D eigenvalue weighted by molar-refractivity contribution is 0.00191. The molecule has 0 radical (unpaired) electrons.